The number of hydrogen-bond donors (Lipinski definition) is 1. The molecule has 1 N–H and O–H groups in total. The Morgan fingerprint density at radius 2 is 2.00 bits per heavy atom. The zero-order valence-corrected chi connectivity index (χ0v) is 12.8. The summed E-state index contributed by atoms with van der Waals surface area (Å²) in [5, 5.41) is 9.15. The van der Waals surface area contributed by atoms with Crippen LogP contribution in [0.4, 0.5) is 0 Å². The molecular weight excluding hydrogens is 264 g/mol. The van der Waals surface area contributed by atoms with Gasteiger partial charge in [0.1, 0.15) is 0 Å². The monoisotopic (exact) mass is 288 g/mol. The number of allylic oxidation sites excluding steroid dienone is 1. The average Bonchev–Trinajstić information content (AvgIpc) is 2.53. The van der Waals surface area contributed by atoms with E-state index in [1.54, 1.807) is 0 Å². The summed E-state index contributed by atoms with van der Waals surface area (Å²) in [6.45, 7) is 6.25. The van der Waals surface area contributed by atoms with E-state index in [1.165, 1.54) is 18.2 Å². The topological polar surface area (TPSA) is 46.5 Å². The van der Waals surface area contributed by atoms with Gasteiger partial charge in [0, 0.05) is 0 Å². The first-order chi connectivity index (χ1) is 10.1. The van der Waals surface area contributed by atoms with Gasteiger partial charge in [-0.15, -0.1) is 0 Å². The Balaban J connectivity index is 2.24. The van der Waals surface area contributed by atoms with Crippen LogP contribution in [0.15, 0.2) is 36.4 Å². The van der Waals surface area contributed by atoms with Gasteiger partial charge in [0.25, 0.3) is 0 Å². The van der Waals surface area contributed by atoms with Gasteiger partial charge in [0.15, 0.2) is 0 Å². The van der Waals surface area contributed by atoms with Crippen molar-refractivity contribution in [2.24, 2.45) is 11.8 Å². The molecule has 3 atom stereocenters. The van der Waals surface area contributed by atoms with E-state index in [-0.39, 0.29) is 18.5 Å². The highest BCUT2D eigenvalue weighted by molar-refractivity contribution is 5.72. The third kappa shape index (κ3) is 3.53. The number of methoxy groups -OCH3 is 1. The number of hydrogen-bond acceptors (Lipinski definition) is 3. The van der Waals surface area contributed by atoms with Crippen molar-refractivity contribution in [1.29, 1.82) is 0 Å². The Hall–Kier alpha value is -1.61. The van der Waals surface area contributed by atoms with Crippen molar-refractivity contribution < 1.29 is 14.6 Å². The molecule has 0 aromatic heterocycles. The zero-order valence-electron chi connectivity index (χ0n) is 12.8. The minimum Gasteiger partial charge on any atom is -0.469 e. The second kappa shape index (κ2) is 6.90. The Morgan fingerprint density at radius 1 is 1.33 bits per heavy atom. The van der Waals surface area contributed by atoms with E-state index in [1.807, 2.05) is 12.1 Å². The second-order valence-corrected chi connectivity index (χ2v) is 5.99. The highest BCUT2D eigenvalue weighted by Crippen LogP contribution is 2.43. The molecule has 114 valence electrons. The molecule has 21 heavy (non-hydrogen) atoms. The molecule has 1 fully saturated rings. The van der Waals surface area contributed by atoms with Gasteiger partial charge >= 0.3 is 5.97 Å². The molecule has 0 unspecified atom stereocenters. The van der Waals surface area contributed by atoms with Crippen LogP contribution < -0.4 is 0 Å². The molecule has 0 aliphatic heterocycles. The SMILES string of the molecule is C=C(C)[C@@H]1CC[C@@H](C(=O)OC)C[C@H]1c1ccc(CO)cc1. The fourth-order valence-corrected chi connectivity index (χ4v) is 3.38. The lowest BCUT2D eigenvalue weighted by atomic mass is 9.69. The van der Waals surface area contributed by atoms with Gasteiger partial charge in [-0.05, 0) is 49.1 Å². The van der Waals surface area contributed by atoms with Gasteiger partial charge in [-0.25, -0.2) is 0 Å². The number of aliphatic hydroxyl groups is 1. The van der Waals surface area contributed by atoms with Crippen LogP contribution >= 0.6 is 0 Å². The minimum absolute atomic E-state index is 0.0203. The standard InChI is InChI=1S/C18H24O3/c1-12(2)16-9-8-15(18(20)21-3)10-17(16)14-6-4-13(11-19)5-7-14/h4-7,15-17,19H,1,8-11H2,2-3H3/t15-,16+,17+/m1/s1. The summed E-state index contributed by atoms with van der Waals surface area (Å²) in [6.07, 6.45) is 2.65. The maximum Gasteiger partial charge on any atom is 0.308 e. The van der Waals surface area contributed by atoms with Crippen molar-refractivity contribution in [3.63, 3.8) is 0 Å². The molecule has 0 amide bonds. The smallest absolute Gasteiger partial charge is 0.308 e. The van der Waals surface area contributed by atoms with Crippen molar-refractivity contribution in [1.82, 2.24) is 0 Å². The van der Waals surface area contributed by atoms with Crippen molar-refractivity contribution in [3.8, 4) is 0 Å². The molecule has 3 nitrogen and oxygen atoms in total. The van der Waals surface area contributed by atoms with Gasteiger partial charge in [-0.1, -0.05) is 36.4 Å². The van der Waals surface area contributed by atoms with Crippen LogP contribution in [0.5, 0.6) is 0 Å². The van der Waals surface area contributed by atoms with Crippen LogP contribution in [0.1, 0.15) is 43.2 Å². The number of ether oxygens (including phenoxy) is 1. The minimum atomic E-state index is -0.104. The van der Waals surface area contributed by atoms with E-state index in [4.69, 9.17) is 9.84 Å². The van der Waals surface area contributed by atoms with Crippen LogP contribution in [0.3, 0.4) is 0 Å². The first kappa shape index (κ1) is 15.8. The lowest BCUT2D eigenvalue weighted by molar-refractivity contribution is -0.147. The molecule has 1 aliphatic rings. The molecular formula is C18H24O3. The van der Waals surface area contributed by atoms with E-state index >= 15 is 0 Å². The maximum absolute atomic E-state index is 11.8. The first-order valence-electron chi connectivity index (χ1n) is 7.49. The van der Waals surface area contributed by atoms with Crippen LogP contribution in [0.25, 0.3) is 0 Å². The van der Waals surface area contributed by atoms with Crippen LogP contribution in [0, 0.1) is 11.8 Å². The Bertz CT molecular complexity index is 504. The molecule has 2 rings (SSSR count). The third-order valence-corrected chi connectivity index (χ3v) is 4.61. The number of esters is 1. The number of rotatable bonds is 4. The molecule has 0 spiro atoms. The fraction of sp³-hybridized carbons (Fsp3) is 0.500. The number of aliphatic hydroxyl groups excluding tert-OH is 1. The van der Waals surface area contributed by atoms with Gasteiger partial charge in [0.2, 0.25) is 0 Å². The second-order valence-electron chi connectivity index (χ2n) is 5.99. The first-order valence-corrected chi connectivity index (χ1v) is 7.49. The van der Waals surface area contributed by atoms with Crippen molar-refractivity contribution in [2.45, 2.75) is 38.7 Å². The number of carbonyl (C=O) groups excluding carboxylic acids is 1. The summed E-state index contributed by atoms with van der Waals surface area (Å²) in [5.41, 5.74) is 3.30. The van der Waals surface area contributed by atoms with E-state index < -0.39 is 0 Å². The molecule has 1 aromatic rings. The summed E-state index contributed by atoms with van der Waals surface area (Å²) >= 11 is 0. The van der Waals surface area contributed by atoms with Gasteiger partial charge < -0.3 is 9.84 Å². The largest absolute Gasteiger partial charge is 0.469 e. The molecule has 0 bridgehead atoms. The highest BCUT2D eigenvalue weighted by atomic mass is 16.5. The van der Waals surface area contributed by atoms with E-state index in [0.29, 0.717) is 11.8 Å². The van der Waals surface area contributed by atoms with E-state index in [2.05, 4.69) is 25.6 Å². The molecule has 1 aliphatic carbocycles. The van der Waals surface area contributed by atoms with E-state index in [0.717, 1.165) is 24.8 Å². The maximum atomic E-state index is 11.8. The zero-order chi connectivity index (χ0) is 15.4. The summed E-state index contributed by atoms with van der Waals surface area (Å²) in [7, 11) is 1.46. The Kier molecular flexibility index (Phi) is 5.18. The third-order valence-electron chi connectivity index (χ3n) is 4.61. The fourth-order valence-electron chi connectivity index (χ4n) is 3.38. The summed E-state index contributed by atoms with van der Waals surface area (Å²) < 4.78 is 4.91. The summed E-state index contributed by atoms with van der Waals surface area (Å²) in [6, 6.07) is 8.02. The predicted octanol–water partition coefficient (Wildman–Crippen LogP) is 3.43. The van der Waals surface area contributed by atoms with Gasteiger partial charge in [-0.3, -0.25) is 4.79 Å². The quantitative estimate of drug-likeness (QED) is 0.682. The lowest BCUT2D eigenvalue weighted by Crippen LogP contribution is -2.29. The molecule has 0 radical (unpaired) electrons. The predicted molar refractivity (Wildman–Crippen MR) is 82.8 cm³/mol. The van der Waals surface area contributed by atoms with Crippen LogP contribution in [0.2, 0.25) is 0 Å². The Morgan fingerprint density at radius 3 is 2.52 bits per heavy atom. The van der Waals surface area contributed by atoms with Crippen LogP contribution in [-0.4, -0.2) is 18.2 Å². The van der Waals surface area contributed by atoms with E-state index in [9.17, 15) is 4.79 Å². The molecule has 1 saturated carbocycles. The number of benzene rings is 1. The van der Waals surface area contributed by atoms with Crippen molar-refractivity contribution in [2.75, 3.05) is 7.11 Å². The number of carbonyl (C=O) groups is 1. The summed E-state index contributed by atoms with van der Waals surface area (Å²) in [5.74, 6) is 0.583. The molecule has 1 aromatic carbocycles. The highest BCUT2D eigenvalue weighted by Gasteiger charge is 2.35. The molecule has 3 heteroatoms. The van der Waals surface area contributed by atoms with Crippen LogP contribution in [-0.2, 0) is 16.1 Å². The summed E-state index contributed by atoms with van der Waals surface area (Å²) in [4.78, 5) is 11.8. The van der Waals surface area contributed by atoms with Gasteiger partial charge in [-0.2, -0.15) is 0 Å². The van der Waals surface area contributed by atoms with Crippen molar-refractivity contribution >= 4 is 5.97 Å². The normalized spacial score (nSPS) is 25.4. The molecule has 0 heterocycles. The lowest BCUT2D eigenvalue weighted by Gasteiger charge is -2.36. The molecule has 0 saturated heterocycles. The average molecular weight is 288 g/mol. The van der Waals surface area contributed by atoms with Crippen molar-refractivity contribution in [3.05, 3.63) is 47.5 Å². The van der Waals surface area contributed by atoms with Gasteiger partial charge in [0.05, 0.1) is 19.6 Å². The Labute approximate surface area is 126 Å².